The molecule has 0 spiro atoms. The first-order valence-corrected chi connectivity index (χ1v) is 8.40. The fraction of sp³-hybridized carbons (Fsp3) is 0. The van der Waals surface area contributed by atoms with Crippen molar-refractivity contribution in [3.63, 3.8) is 0 Å². The Balaban J connectivity index is -0.000000242. The van der Waals surface area contributed by atoms with Gasteiger partial charge in [0.15, 0.2) is 0 Å². The van der Waals surface area contributed by atoms with Crippen LogP contribution in [-0.4, -0.2) is 25.9 Å². The first kappa shape index (κ1) is 23.1. The van der Waals surface area contributed by atoms with Crippen molar-refractivity contribution in [3.05, 3.63) is 0 Å². The molecule has 12 nitrogen and oxygen atoms in total. The normalized spacial score (nSPS) is 12.1. The SMILES string of the molecule is O=S(=O)(O)OOS(=O)(=O)O.[K+].[O-][I+3]([O-])([O-])[O-]. The van der Waals surface area contributed by atoms with Gasteiger partial charge in [-0.15, -0.1) is 0 Å². The summed E-state index contributed by atoms with van der Waals surface area (Å²) in [4.78, 5) is 0. The molecule has 0 unspecified atom stereocenters. The molecule has 0 saturated heterocycles. The second-order valence-electron chi connectivity index (χ2n) is 1.37. The Morgan fingerprint density at radius 2 is 0.938 bits per heavy atom. The molecule has 16 heteroatoms. The third kappa shape index (κ3) is 44.5. The predicted molar refractivity (Wildman–Crippen MR) is 25.3 cm³/mol. The Morgan fingerprint density at radius 3 is 1.00 bits per heavy atom. The van der Waals surface area contributed by atoms with Crippen LogP contribution in [0.5, 0.6) is 0 Å². The van der Waals surface area contributed by atoms with Crippen LogP contribution in [0.15, 0.2) is 0 Å². The summed E-state index contributed by atoms with van der Waals surface area (Å²) in [5.74, 6) is 0. The van der Waals surface area contributed by atoms with Crippen LogP contribution in [0, 0.1) is 0 Å². The number of rotatable bonds is 3. The molecule has 0 aromatic rings. The molecule has 0 saturated carbocycles. The van der Waals surface area contributed by atoms with E-state index in [0.717, 1.165) is 0 Å². The number of halogens is 1. The zero-order valence-corrected chi connectivity index (χ0v) is 14.1. The summed E-state index contributed by atoms with van der Waals surface area (Å²) in [6.07, 6.45) is 0. The first-order chi connectivity index (χ1) is 6.21. The summed E-state index contributed by atoms with van der Waals surface area (Å²) in [6.45, 7) is 0. The van der Waals surface area contributed by atoms with Crippen LogP contribution < -0.4 is 85.2 Å². The first-order valence-electron chi connectivity index (χ1n) is 2.15. The van der Waals surface area contributed by atoms with Crippen molar-refractivity contribution in [1.82, 2.24) is 0 Å². The summed E-state index contributed by atoms with van der Waals surface area (Å²) in [5, 5.41) is 0. The molecule has 0 aromatic carbocycles. The Labute approximate surface area is 138 Å². The van der Waals surface area contributed by atoms with E-state index in [1.165, 1.54) is 0 Å². The van der Waals surface area contributed by atoms with Crippen molar-refractivity contribution < 1.29 is 120 Å². The van der Waals surface area contributed by atoms with Crippen molar-refractivity contribution >= 4 is 20.8 Å². The summed E-state index contributed by atoms with van der Waals surface area (Å²) < 4.78 is 93.3. The van der Waals surface area contributed by atoms with Gasteiger partial charge in [-0.2, -0.15) is 16.8 Å². The van der Waals surface area contributed by atoms with E-state index in [1.54, 1.807) is 0 Å². The molecule has 0 atom stereocenters. The monoisotopic (exact) mass is 424 g/mol. The maximum Gasteiger partial charge on any atom is 1.00 e. The van der Waals surface area contributed by atoms with Crippen molar-refractivity contribution in [3.8, 4) is 0 Å². The topological polar surface area (TPSA) is 219 Å². The summed E-state index contributed by atoms with van der Waals surface area (Å²) in [6, 6.07) is 0. The van der Waals surface area contributed by atoms with Gasteiger partial charge in [0.2, 0.25) is 0 Å². The van der Waals surface area contributed by atoms with E-state index >= 15 is 0 Å². The van der Waals surface area contributed by atoms with Crippen LogP contribution in [0.25, 0.3) is 0 Å². The summed E-state index contributed by atoms with van der Waals surface area (Å²) >= 11 is -5.94. The van der Waals surface area contributed by atoms with Crippen molar-refractivity contribution in [2.24, 2.45) is 0 Å². The second kappa shape index (κ2) is 8.95. The molecule has 0 rings (SSSR count). The van der Waals surface area contributed by atoms with Gasteiger partial charge in [-0.25, -0.2) is 0 Å². The number of hydrogen-bond acceptors (Lipinski definition) is 10. The Hall–Kier alpha value is 1.95. The van der Waals surface area contributed by atoms with E-state index < -0.39 is 40.9 Å². The molecule has 0 aliphatic rings. The van der Waals surface area contributed by atoms with Gasteiger partial charge in [0.05, 0.1) is 0 Å². The van der Waals surface area contributed by atoms with E-state index in [9.17, 15) is 16.8 Å². The average molecular weight is 424 g/mol. The maximum atomic E-state index is 9.51. The van der Waals surface area contributed by atoms with Crippen LogP contribution in [0.1, 0.15) is 0 Å². The third-order valence-electron chi connectivity index (χ3n) is 0.200. The molecule has 94 valence electrons. The van der Waals surface area contributed by atoms with Gasteiger partial charge in [-0.3, -0.25) is 22.8 Å². The van der Waals surface area contributed by atoms with Gasteiger partial charge >= 0.3 is 72.2 Å². The van der Waals surface area contributed by atoms with E-state index in [1.807, 2.05) is 0 Å². The molecule has 0 aliphatic carbocycles. The third-order valence-corrected chi connectivity index (χ3v) is 0.766. The molecule has 0 radical (unpaired) electrons. The van der Waals surface area contributed by atoms with Gasteiger partial charge in [0, 0.05) is 0 Å². The van der Waals surface area contributed by atoms with Gasteiger partial charge in [-0.05, 0) is 0 Å². The fourth-order valence-corrected chi connectivity index (χ4v) is 0.632. The van der Waals surface area contributed by atoms with Crippen LogP contribution >= 0.6 is 0 Å². The van der Waals surface area contributed by atoms with E-state index in [4.69, 9.17) is 22.8 Å². The molecule has 0 heterocycles. The van der Waals surface area contributed by atoms with Crippen molar-refractivity contribution in [2.75, 3.05) is 0 Å². The maximum absolute atomic E-state index is 9.51. The molecule has 16 heavy (non-hydrogen) atoms. The summed E-state index contributed by atoms with van der Waals surface area (Å²) in [7, 11) is -10.0. The standard InChI is InChI=1S/IO4.K.H2O8S2/c2-1(3,4)5;;1-9(2,3)7-8-10(4,5)6/h;;(H,1,2,3)(H,4,5,6)/q-1;+1;. The van der Waals surface area contributed by atoms with Crippen molar-refractivity contribution in [2.45, 2.75) is 0 Å². The van der Waals surface area contributed by atoms with Crippen LogP contribution in [0.4, 0.5) is 0 Å². The van der Waals surface area contributed by atoms with Crippen molar-refractivity contribution in [1.29, 1.82) is 0 Å². The number of hydrogen-bond donors (Lipinski definition) is 2. The minimum absolute atomic E-state index is 0. The fourth-order valence-electron chi connectivity index (χ4n) is 0.0702. The molecule has 0 amide bonds. The summed E-state index contributed by atoms with van der Waals surface area (Å²) in [5.41, 5.74) is 0. The van der Waals surface area contributed by atoms with E-state index in [0.29, 0.717) is 0 Å². The minimum Gasteiger partial charge on any atom is -0.286 e. The molecule has 0 aromatic heterocycles. The Kier molecular flexibility index (Phi) is 12.9. The van der Waals surface area contributed by atoms with Gasteiger partial charge < -0.3 is 0 Å². The quantitative estimate of drug-likeness (QED) is 0.142. The molecule has 2 N–H and O–H groups in total. The largest absolute Gasteiger partial charge is 1.00 e. The second-order valence-corrected chi connectivity index (χ2v) is 5.51. The average Bonchev–Trinajstić information content (AvgIpc) is 1.76. The molecule has 0 fully saturated rings. The van der Waals surface area contributed by atoms with Gasteiger partial charge in [0.1, 0.15) is 20.1 Å². The van der Waals surface area contributed by atoms with E-state index in [-0.39, 0.29) is 51.4 Å². The zero-order valence-electron chi connectivity index (χ0n) is 7.17. The Morgan fingerprint density at radius 1 is 0.812 bits per heavy atom. The smallest absolute Gasteiger partial charge is 0.286 e. The zero-order chi connectivity index (χ0) is 12.9. The molecular weight excluding hydrogens is 422 g/mol. The minimum atomic E-state index is -5.94. The van der Waals surface area contributed by atoms with Crippen LogP contribution in [0.3, 0.4) is 0 Å². The van der Waals surface area contributed by atoms with Crippen LogP contribution in [0.2, 0.25) is 0 Å². The van der Waals surface area contributed by atoms with Gasteiger partial charge in [0.25, 0.3) is 0 Å². The molecule has 0 bridgehead atoms. The van der Waals surface area contributed by atoms with Gasteiger partial charge in [-0.1, -0.05) is 8.67 Å². The Bertz CT molecular complexity index is 318. The van der Waals surface area contributed by atoms with E-state index in [2.05, 4.69) is 8.67 Å². The molecular formula is H2IKO12S2. The predicted octanol–water partition coefficient (Wildman–Crippen LogP) is -12.2. The molecule has 0 aliphatic heterocycles. The van der Waals surface area contributed by atoms with Crippen LogP contribution in [-0.2, 0) is 29.5 Å².